The molecule has 0 bridgehead atoms. The average molecular weight is 320 g/mol. The monoisotopic (exact) mass is 320 g/mol. The molecule has 0 aliphatic carbocycles. The Morgan fingerprint density at radius 1 is 1.22 bits per heavy atom. The zero-order valence-electron chi connectivity index (χ0n) is 13.7. The number of nitrogens with one attached hydrogen (secondary N) is 1. The first-order valence-electron chi connectivity index (χ1n) is 8.05. The van der Waals surface area contributed by atoms with Crippen LogP contribution in [0.25, 0.3) is 0 Å². The lowest BCUT2D eigenvalue weighted by molar-refractivity contribution is 0.0953. The summed E-state index contributed by atoms with van der Waals surface area (Å²) in [7, 11) is 0. The van der Waals surface area contributed by atoms with E-state index in [0.29, 0.717) is 44.9 Å². The molecule has 0 unspecified atom stereocenters. The first-order chi connectivity index (χ1) is 11.2. The van der Waals surface area contributed by atoms with Gasteiger partial charge in [-0.2, -0.15) is 0 Å². The average Bonchev–Trinajstić information content (AvgIpc) is 2.60. The maximum Gasteiger partial charge on any atom is 0.409 e. The number of pyridine rings is 1. The normalized spacial score (nSPS) is 14.5. The van der Waals surface area contributed by atoms with Crippen LogP contribution in [0.3, 0.4) is 0 Å². The van der Waals surface area contributed by atoms with E-state index in [1.807, 2.05) is 13.0 Å². The highest BCUT2D eigenvalue weighted by atomic mass is 16.6. The maximum atomic E-state index is 12.0. The van der Waals surface area contributed by atoms with Crippen molar-refractivity contribution < 1.29 is 14.3 Å². The summed E-state index contributed by atoms with van der Waals surface area (Å²) >= 11 is 0. The molecule has 1 N–H and O–H groups in total. The molecular weight excluding hydrogens is 296 g/mol. The molecule has 1 aliphatic rings. The molecule has 0 radical (unpaired) electrons. The van der Waals surface area contributed by atoms with Crippen LogP contribution in [0.15, 0.2) is 18.5 Å². The molecule has 1 saturated heterocycles. The van der Waals surface area contributed by atoms with Crippen LogP contribution in [0, 0.1) is 0 Å². The molecule has 2 rings (SSSR count). The fraction of sp³-hybridized carbons (Fsp3) is 0.562. The number of nitrogens with zero attached hydrogens (tertiary/aromatic N) is 3. The van der Waals surface area contributed by atoms with E-state index in [2.05, 4.69) is 15.2 Å². The van der Waals surface area contributed by atoms with Crippen LogP contribution in [0.1, 0.15) is 30.6 Å². The molecule has 0 saturated carbocycles. The van der Waals surface area contributed by atoms with Gasteiger partial charge in [-0.3, -0.25) is 9.78 Å². The molecule has 7 heteroatoms. The number of rotatable bonds is 5. The fourth-order valence-corrected chi connectivity index (χ4v) is 2.43. The highest BCUT2D eigenvalue weighted by Crippen LogP contribution is 2.17. The minimum atomic E-state index is -0.266. The van der Waals surface area contributed by atoms with Crippen molar-refractivity contribution in [2.45, 2.75) is 20.3 Å². The summed E-state index contributed by atoms with van der Waals surface area (Å²) in [5.41, 5.74) is 1.46. The molecular formula is C16H24N4O3. The number of hydrogen-bond donors (Lipinski definition) is 1. The Morgan fingerprint density at radius 3 is 2.61 bits per heavy atom. The second-order valence-corrected chi connectivity index (χ2v) is 5.36. The number of anilines is 1. The van der Waals surface area contributed by atoms with Gasteiger partial charge in [-0.25, -0.2) is 4.79 Å². The second kappa shape index (κ2) is 8.36. The SMILES string of the molecule is CCCNC(=O)c1cncc(N2CCN(C(=O)OCC)CC2)c1. The van der Waals surface area contributed by atoms with Crippen molar-refractivity contribution in [2.75, 3.05) is 44.2 Å². The van der Waals surface area contributed by atoms with Gasteiger partial charge in [0, 0.05) is 38.9 Å². The number of carbonyl (C=O) groups is 2. The van der Waals surface area contributed by atoms with E-state index in [-0.39, 0.29) is 12.0 Å². The van der Waals surface area contributed by atoms with E-state index in [1.54, 1.807) is 24.2 Å². The van der Waals surface area contributed by atoms with Gasteiger partial charge in [-0.05, 0) is 19.4 Å². The number of hydrogen-bond acceptors (Lipinski definition) is 5. The lowest BCUT2D eigenvalue weighted by Crippen LogP contribution is -2.49. The maximum absolute atomic E-state index is 12.0. The Kier molecular flexibility index (Phi) is 6.19. The molecule has 23 heavy (non-hydrogen) atoms. The van der Waals surface area contributed by atoms with Gasteiger partial charge in [-0.15, -0.1) is 0 Å². The van der Waals surface area contributed by atoms with Crippen molar-refractivity contribution in [1.82, 2.24) is 15.2 Å². The van der Waals surface area contributed by atoms with Crippen LogP contribution in [0.5, 0.6) is 0 Å². The number of carbonyl (C=O) groups excluding carboxylic acids is 2. The summed E-state index contributed by atoms with van der Waals surface area (Å²) in [5.74, 6) is -0.105. The van der Waals surface area contributed by atoms with Gasteiger partial charge in [-0.1, -0.05) is 6.92 Å². The summed E-state index contributed by atoms with van der Waals surface area (Å²) in [6.07, 6.45) is 3.95. The summed E-state index contributed by atoms with van der Waals surface area (Å²) in [5, 5.41) is 2.85. The summed E-state index contributed by atoms with van der Waals surface area (Å²) < 4.78 is 5.01. The number of ether oxygens (including phenoxy) is 1. The lowest BCUT2D eigenvalue weighted by Gasteiger charge is -2.35. The number of amides is 2. The van der Waals surface area contributed by atoms with Gasteiger partial charge in [0.25, 0.3) is 5.91 Å². The lowest BCUT2D eigenvalue weighted by atomic mass is 10.2. The predicted octanol–water partition coefficient (Wildman–Crippen LogP) is 1.50. The number of aromatic nitrogens is 1. The Hall–Kier alpha value is -2.31. The van der Waals surface area contributed by atoms with E-state index < -0.39 is 0 Å². The summed E-state index contributed by atoms with van der Waals surface area (Å²) in [6.45, 7) is 7.45. The molecule has 1 aromatic rings. The van der Waals surface area contributed by atoms with Crippen molar-refractivity contribution in [3.8, 4) is 0 Å². The zero-order chi connectivity index (χ0) is 16.7. The molecule has 1 aliphatic heterocycles. The molecule has 0 aromatic carbocycles. The molecule has 7 nitrogen and oxygen atoms in total. The third-order valence-corrected chi connectivity index (χ3v) is 3.69. The predicted molar refractivity (Wildman–Crippen MR) is 87.7 cm³/mol. The third-order valence-electron chi connectivity index (χ3n) is 3.69. The van der Waals surface area contributed by atoms with Gasteiger partial charge in [0.15, 0.2) is 0 Å². The number of piperazine rings is 1. The first-order valence-corrected chi connectivity index (χ1v) is 8.05. The van der Waals surface area contributed by atoms with Crippen molar-refractivity contribution >= 4 is 17.7 Å². The van der Waals surface area contributed by atoms with Gasteiger partial charge >= 0.3 is 6.09 Å². The molecule has 2 heterocycles. The Balaban J connectivity index is 1.95. The van der Waals surface area contributed by atoms with Crippen LogP contribution in [-0.2, 0) is 4.74 Å². The van der Waals surface area contributed by atoms with Crippen molar-refractivity contribution in [3.05, 3.63) is 24.0 Å². The van der Waals surface area contributed by atoms with Crippen LogP contribution >= 0.6 is 0 Å². The van der Waals surface area contributed by atoms with E-state index in [0.717, 1.165) is 12.1 Å². The molecule has 0 atom stereocenters. The smallest absolute Gasteiger partial charge is 0.409 e. The standard InChI is InChI=1S/C16H24N4O3/c1-3-5-18-15(21)13-10-14(12-17-11-13)19-6-8-20(9-7-19)16(22)23-4-2/h10-12H,3-9H2,1-2H3,(H,18,21). The van der Waals surface area contributed by atoms with Gasteiger partial charge in [0.1, 0.15) is 0 Å². The molecule has 2 amide bonds. The van der Waals surface area contributed by atoms with E-state index >= 15 is 0 Å². The van der Waals surface area contributed by atoms with Crippen LogP contribution < -0.4 is 10.2 Å². The van der Waals surface area contributed by atoms with E-state index in [4.69, 9.17) is 4.74 Å². The molecule has 126 valence electrons. The van der Waals surface area contributed by atoms with Gasteiger partial charge in [0.2, 0.25) is 0 Å². The third kappa shape index (κ3) is 4.58. The quantitative estimate of drug-likeness (QED) is 0.890. The first kappa shape index (κ1) is 17.1. The molecule has 0 spiro atoms. The van der Waals surface area contributed by atoms with Crippen LogP contribution in [0.2, 0.25) is 0 Å². The summed E-state index contributed by atoms with van der Waals surface area (Å²) in [4.78, 5) is 31.7. The fourth-order valence-electron chi connectivity index (χ4n) is 2.43. The summed E-state index contributed by atoms with van der Waals surface area (Å²) in [6, 6.07) is 1.85. The molecule has 1 fully saturated rings. The van der Waals surface area contributed by atoms with Gasteiger partial charge < -0.3 is 19.9 Å². The van der Waals surface area contributed by atoms with Crippen molar-refractivity contribution in [3.63, 3.8) is 0 Å². The largest absolute Gasteiger partial charge is 0.450 e. The van der Waals surface area contributed by atoms with Crippen molar-refractivity contribution in [1.29, 1.82) is 0 Å². The molecule has 1 aromatic heterocycles. The minimum Gasteiger partial charge on any atom is -0.450 e. The highest BCUT2D eigenvalue weighted by molar-refractivity contribution is 5.94. The second-order valence-electron chi connectivity index (χ2n) is 5.36. The zero-order valence-corrected chi connectivity index (χ0v) is 13.7. The Labute approximate surface area is 136 Å². The van der Waals surface area contributed by atoms with Crippen LogP contribution in [0.4, 0.5) is 10.5 Å². The van der Waals surface area contributed by atoms with E-state index in [1.165, 1.54) is 0 Å². The minimum absolute atomic E-state index is 0.105. The Bertz CT molecular complexity index is 542. The van der Waals surface area contributed by atoms with E-state index in [9.17, 15) is 9.59 Å². The Morgan fingerprint density at radius 2 is 1.96 bits per heavy atom. The van der Waals surface area contributed by atoms with Crippen LogP contribution in [-0.4, -0.2) is 61.2 Å². The topological polar surface area (TPSA) is 74.8 Å². The van der Waals surface area contributed by atoms with Gasteiger partial charge in [0.05, 0.1) is 24.1 Å². The highest BCUT2D eigenvalue weighted by Gasteiger charge is 2.22. The van der Waals surface area contributed by atoms with Crippen molar-refractivity contribution in [2.24, 2.45) is 0 Å².